The number of aryl methyl sites for hydroxylation is 1. The molecule has 0 atom stereocenters. The van der Waals surface area contributed by atoms with Gasteiger partial charge in [0, 0.05) is 34.2 Å². The van der Waals surface area contributed by atoms with E-state index in [-0.39, 0.29) is 6.61 Å². The largest absolute Gasteiger partial charge is 0.392 e. The van der Waals surface area contributed by atoms with E-state index < -0.39 is 0 Å². The zero-order chi connectivity index (χ0) is 13.1. The van der Waals surface area contributed by atoms with Gasteiger partial charge in [-0.25, -0.2) is 0 Å². The Morgan fingerprint density at radius 3 is 2.78 bits per heavy atom. The fourth-order valence-electron chi connectivity index (χ4n) is 2.21. The quantitative estimate of drug-likeness (QED) is 0.901. The Labute approximate surface area is 113 Å². The fourth-order valence-corrected chi connectivity index (χ4v) is 2.38. The minimum absolute atomic E-state index is 0.0683. The normalized spacial score (nSPS) is 11.6. The van der Waals surface area contributed by atoms with Crippen molar-refractivity contribution < 1.29 is 5.11 Å². The lowest BCUT2D eigenvalue weighted by Crippen LogP contribution is -2.14. The molecular formula is C14H19ClN2O. The summed E-state index contributed by atoms with van der Waals surface area (Å²) in [7, 11) is 4.15. The van der Waals surface area contributed by atoms with E-state index in [1.807, 2.05) is 24.4 Å². The van der Waals surface area contributed by atoms with Crippen LogP contribution in [0.15, 0.2) is 24.4 Å². The van der Waals surface area contributed by atoms with Crippen molar-refractivity contribution in [1.82, 2.24) is 9.47 Å². The van der Waals surface area contributed by atoms with Gasteiger partial charge in [0.25, 0.3) is 0 Å². The van der Waals surface area contributed by atoms with Crippen molar-refractivity contribution in [3.63, 3.8) is 0 Å². The molecule has 0 aliphatic heterocycles. The number of aliphatic hydroxyl groups is 1. The summed E-state index contributed by atoms with van der Waals surface area (Å²) in [6.45, 7) is 2.06. The van der Waals surface area contributed by atoms with Gasteiger partial charge in [0.15, 0.2) is 0 Å². The second-order valence-corrected chi connectivity index (χ2v) is 5.26. The number of hydrogen-bond acceptors (Lipinski definition) is 2. The predicted molar refractivity (Wildman–Crippen MR) is 76.0 cm³/mol. The highest BCUT2D eigenvalue weighted by molar-refractivity contribution is 6.31. The zero-order valence-corrected chi connectivity index (χ0v) is 11.6. The van der Waals surface area contributed by atoms with Crippen molar-refractivity contribution in [1.29, 1.82) is 0 Å². The molecule has 0 bridgehead atoms. The van der Waals surface area contributed by atoms with Gasteiger partial charge in [-0.15, -0.1) is 0 Å². The van der Waals surface area contributed by atoms with E-state index in [2.05, 4.69) is 23.6 Å². The molecule has 0 amide bonds. The lowest BCUT2D eigenvalue weighted by Gasteiger charge is -2.10. The maximum Gasteiger partial charge on any atom is 0.0702 e. The number of aliphatic hydroxyl groups excluding tert-OH is 1. The minimum Gasteiger partial charge on any atom is -0.392 e. The smallest absolute Gasteiger partial charge is 0.0702 e. The molecule has 1 aromatic heterocycles. The number of hydrogen-bond donors (Lipinski definition) is 1. The van der Waals surface area contributed by atoms with Gasteiger partial charge in [0.2, 0.25) is 0 Å². The lowest BCUT2D eigenvalue weighted by atomic mass is 10.2. The third kappa shape index (κ3) is 2.86. The number of benzene rings is 1. The average molecular weight is 267 g/mol. The molecule has 98 valence electrons. The Morgan fingerprint density at radius 1 is 1.33 bits per heavy atom. The Balaban J connectivity index is 2.28. The van der Waals surface area contributed by atoms with E-state index in [1.54, 1.807) is 0 Å². The number of aromatic nitrogens is 1. The molecular weight excluding hydrogens is 248 g/mol. The third-order valence-corrected chi connectivity index (χ3v) is 3.34. The lowest BCUT2D eigenvalue weighted by molar-refractivity contribution is 0.283. The molecule has 2 aromatic rings. The van der Waals surface area contributed by atoms with Crippen LogP contribution in [0.3, 0.4) is 0 Å². The molecule has 1 aromatic carbocycles. The van der Waals surface area contributed by atoms with Crippen LogP contribution in [0.1, 0.15) is 12.0 Å². The van der Waals surface area contributed by atoms with Crippen LogP contribution in [0.5, 0.6) is 0 Å². The van der Waals surface area contributed by atoms with Crippen LogP contribution in [0.4, 0.5) is 0 Å². The number of fused-ring (bicyclic) bond motifs is 1. The van der Waals surface area contributed by atoms with Gasteiger partial charge in [-0.3, -0.25) is 0 Å². The zero-order valence-electron chi connectivity index (χ0n) is 10.9. The molecule has 4 heteroatoms. The van der Waals surface area contributed by atoms with Crippen LogP contribution in [-0.2, 0) is 13.2 Å². The molecule has 0 radical (unpaired) electrons. The Kier molecular flexibility index (Phi) is 4.27. The van der Waals surface area contributed by atoms with Crippen molar-refractivity contribution in [2.75, 3.05) is 20.6 Å². The highest BCUT2D eigenvalue weighted by atomic mass is 35.5. The topological polar surface area (TPSA) is 28.4 Å². The Morgan fingerprint density at radius 2 is 2.11 bits per heavy atom. The summed E-state index contributed by atoms with van der Waals surface area (Å²) in [5.41, 5.74) is 2.07. The first-order valence-electron chi connectivity index (χ1n) is 6.14. The van der Waals surface area contributed by atoms with Gasteiger partial charge in [0.1, 0.15) is 0 Å². The molecule has 0 aliphatic rings. The summed E-state index contributed by atoms with van der Waals surface area (Å²) in [5.74, 6) is 0. The molecule has 1 N–H and O–H groups in total. The Bertz CT molecular complexity index is 534. The van der Waals surface area contributed by atoms with E-state index in [0.29, 0.717) is 0 Å². The van der Waals surface area contributed by atoms with Crippen LogP contribution >= 0.6 is 11.6 Å². The van der Waals surface area contributed by atoms with Crippen molar-refractivity contribution in [2.24, 2.45) is 0 Å². The summed E-state index contributed by atoms with van der Waals surface area (Å²) >= 11 is 6.04. The highest BCUT2D eigenvalue weighted by Gasteiger charge is 2.08. The van der Waals surface area contributed by atoms with Gasteiger partial charge in [0.05, 0.1) is 6.61 Å². The maximum absolute atomic E-state index is 9.38. The average Bonchev–Trinajstić information content (AvgIpc) is 2.66. The molecule has 0 aliphatic carbocycles. The molecule has 0 saturated carbocycles. The highest BCUT2D eigenvalue weighted by Crippen LogP contribution is 2.25. The van der Waals surface area contributed by atoms with E-state index in [9.17, 15) is 5.11 Å². The third-order valence-electron chi connectivity index (χ3n) is 3.10. The number of rotatable bonds is 5. The first kappa shape index (κ1) is 13.4. The van der Waals surface area contributed by atoms with Crippen molar-refractivity contribution in [3.05, 3.63) is 35.0 Å². The fraction of sp³-hybridized carbons (Fsp3) is 0.429. The first-order valence-corrected chi connectivity index (χ1v) is 6.52. The molecule has 0 spiro atoms. The number of halogens is 1. The first-order chi connectivity index (χ1) is 8.61. The van der Waals surface area contributed by atoms with Gasteiger partial charge < -0.3 is 14.6 Å². The molecule has 1 heterocycles. The van der Waals surface area contributed by atoms with Gasteiger partial charge in [-0.05, 0) is 39.2 Å². The van der Waals surface area contributed by atoms with Gasteiger partial charge >= 0.3 is 0 Å². The van der Waals surface area contributed by atoms with E-state index in [4.69, 9.17) is 11.6 Å². The van der Waals surface area contributed by atoms with E-state index in [1.165, 1.54) is 0 Å². The molecule has 0 fully saturated rings. The summed E-state index contributed by atoms with van der Waals surface area (Å²) < 4.78 is 2.18. The SMILES string of the molecule is CN(C)CCCn1cc(CO)c2ccc(Cl)cc21. The second kappa shape index (κ2) is 5.74. The number of nitrogens with zero attached hydrogens (tertiary/aromatic N) is 2. The molecule has 18 heavy (non-hydrogen) atoms. The summed E-state index contributed by atoms with van der Waals surface area (Å²) in [6.07, 6.45) is 3.10. The maximum atomic E-state index is 9.38. The molecule has 2 rings (SSSR count). The van der Waals surface area contributed by atoms with Gasteiger partial charge in [-0.1, -0.05) is 17.7 Å². The minimum atomic E-state index is 0.0683. The predicted octanol–water partition coefficient (Wildman–Crippen LogP) is 2.74. The monoisotopic (exact) mass is 266 g/mol. The summed E-state index contributed by atoms with van der Waals surface area (Å²) in [6, 6.07) is 5.81. The van der Waals surface area contributed by atoms with Crippen molar-refractivity contribution in [3.8, 4) is 0 Å². The summed E-state index contributed by atoms with van der Waals surface area (Å²) in [4.78, 5) is 2.17. The molecule has 3 nitrogen and oxygen atoms in total. The summed E-state index contributed by atoms with van der Waals surface area (Å²) in [5, 5.41) is 11.2. The van der Waals surface area contributed by atoms with Crippen LogP contribution < -0.4 is 0 Å². The second-order valence-electron chi connectivity index (χ2n) is 4.82. The van der Waals surface area contributed by atoms with Crippen LogP contribution in [-0.4, -0.2) is 35.2 Å². The Hall–Kier alpha value is -1.03. The van der Waals surface area contributed by atoms with Crippen LogP contribution in [0.25, 0.3) is 10.9 Å². The van der Waals surface area contributed by atoms with Gasteiger partial charge in [-0.2, -0.15) is 0 Å². The molecule has 0 unspecified atom stereocenters. The van der Waals surface area contributed by atoms with E-state index >= 15 is 0 Å². The van der Waals surface area contributed by atoms with E-state index in [0.717, 1.165) is 41.0 Å². The van der Waals surface area contributed by atoms with Crippen molar-refractivity contribution in [2.45, 2.75) is 19.6 Å². The van der Waals surface area contributed by atoms with Crippen molar-refractivity contribution >= 4 is 22.5 Å². The van der Waals surface area contributed by atoms with Crippen LogP contribution in [0, 0.1) is 0 Å². The molecule has 0 saturated heterocycles. The van der Waals surface area contributed by atoms with Crippen LogP contribution in [0.2, 0.25) is 5.02 Å². The standard InChI is InChI=1S/C14H19ClN2O/c1-16(2)6-3-7-17-9-11(10-18)13-5-4-12(15)8-14(13)17/h4-5,8-9,18H,3,6-7,10H2,1-2H3.